The maximum Gasteiger partial charge on any atom is 0.404 e. The first-order valence-electron chi connectivity index (χ1n) is 18.8. The Morgan fingerprint density at radius 1 is 0.760 bits per heavy atom. The van der Waals surface area contributed by atoms with Gasteiger partial charge in [0.15, 0.2) is 17.5 Å². The molecule has 3 N–H and O–H groups in total. The number of nitrogens with one attached hydrogen (secondary N) is 1. The molecule has 4 aromatic rings. The second kappa shape index (κ2) is 22.6. The molecule has 2 aromatic heterocycles. The molecule has 0 amide bonds. The number of nitrogens with two attached hydrogens (primary N) is 1. The molecule has 0 aliphatic carbocycles. The number of ether oxygens (including phenoxy) is 2. The summed E-state index contributed by atoms with van der Waals surface area (Å²) in [6, 6.07) is 13.4. The number of unbranched alkanes of at least 4 members (excludes halogenated alkanes) is 15. The van der Waals surface area contributed by atoms with E-state index in [2.05, 4.69) is 21.9 Å². The molecule has 0 fully saturated rings. The molecule has 11 nitrogen and oxygen atoms in total. The van der Waals surface area contributed by atoms with Gasteiger partial charge in [-0.25, -0.2) is 9.55 Å². The van der Waals surface area contributed by atoms with E-state index in [0.29, 0.717) is 31.2 Å². The first-order chi connectivity index (χ1) is 24.5. The topological polar surface area (TPSA) is 144 Å². The van der Waals surface area contributed by atoms with Gasteiger partial charge in [-0.15, -0.1) is 0 Å². The molecule has 0 aliphatic heterocycles. The zero-order valence-electron chi connectivity index (χ0n) is 30.0. The fourth-order valence-electron chi connectivity index (χ4n) is 6.04. The van der Waals surface area contributed by atoms with Crippen LogP contribution in [0.5, 0.6) is 5.75 Å². The van der Waals surface area contributed by atoms with E-state index < -0.39 is 13.2 Å². The van der Waals surface area contributed by atoms with Crippen LogP contribution in [0, 0.1) is 0 Å². The number of hydrogen-bond acceptors (Lipinski definition) is 9. The van der Waals surface area contributed by atoms with Crippen LogP contribution in [-0.2, 0) is 25.1 Å². The van der Waals surface area contributed by atoms with E-state index in [1.165, 1.54) is 96.2 Å². The highest BCUT2D eigenvalue weighted by molar-refractivity contribution is 7.54. The fourth-order valence-corrected chi connectivity index (χ4v) is 7.36. The average Bonchev–Trinajstić information content (AvgIpc) is 3.52. The lowest BCUT2D eigenvalue weighted by Gasteiger charge is -2.20. The highest BCUT2D eigenvalue weighted by atomic mass is 31.2. The highest BCUT2D eigenvalue weighted by Crippen LogP contribution is 2.48. The van der Waals surface area contributed by atoms with Crippen molar-refractivity contribution in [3.05, 3.63) is 59.1 Å². The van der Waals surface area contributed by atoms with E-state index in [-0.39, 0.29) is 31.0 Å². The molecule has 1 atom stereocenters. The van der Waals surface area contributed by atoms with Crippen molar-refractivity contribution in [2.75, 3.05) is 38.5 Å². The zero-order chi connectivity index (χ0) is 35.3. The molecule has 50 heavy (non-hydrogen) atoms. The number of hydrogen-bond donors (Lipinski definition) is 2. The zero-order valence-corrected chi connectivity index (χ0v) is 30.9. The van der Waals surface area contributed by atoms with Crippen LogP contribution >= 0.6 is 7.60 Å². The van der Waals surface area contributed by atoms with Gasteiger partial charge in [-0.3, -0.25) is 14.3 Å². The number of rotatable bonds is 28. The van der Waals surface area contributed by atoms with Crippen LogP contribution in [0.15, 0.2) is 53.6 Å². The van der Waals surface area contributed by atoms with Gasteiger partial charge in [0, 0.05) is 13.2 Å². The molecule has 12 heteroatoms. The number of nitrogen functional groups attached to an aromatic ring is 1. The molecule has 0 bridgehead atoms. The first kappa shape index (κ1) is 39.5. The van der Waals surface area contributed by atoms with Crippen molar-refractivity contribution in [1.82, 2.24) is 19.5 Å². The lowest BCUT2D eigenvalue weighted by atomic mass is 10.0. The number of benzene rings is 2. The number of imidazole rings is 1. The summed E-state index contributed by atoms with van der Waals surface area (Å²) < 4.78 is 38.8. The summed E-state index contributed by atoms with van der Waals surface area (Å²) in [4.78, 5) is 22.8. The predicted octanol–water partition coefficient (Wildman–Crippen LogP) is 9.40. The molecule has 0 saturated heterocycles. The third-order valence-corrected chi connectivity index (χ3v) is 10.4. The Labute approximate surface area is 297 Å². The molecule has 0 aliphatic rings. The summed E-state index contributed by atoms with van der Waals surface area (Å²) in [5, 5.41) is 2.02. The van der Waals surface area contributed by atoms with Crippen LogP contribution in [0.2, 0.25) is 0 Å². The van der Waals surface area contributed by atoms with E-state index in [1.54, 1.807) is 10.6 Å². The van der Waals surface area contributed by atoms with E-state index in [9.17, 15) is 9.36 Å². The van der Waals surface area contributed by atoms with Crippen LogP contribution in [0.1, 0.15) is 110 Å². The minimum Gasteiger partial charge on any atom is -0.423 e. The van der Waals surface area contributed by atoms with Crippen molar-refractivity contribution in [1.29, 1.82) is 0 Å². The first-order valence-corrected chi connectivity index (χ1v) is 20.5. The maximum atomic E-state index is 13.9. The van der Waals surface area contributed by atoms with E-state index >= 15 is 0 Å². The SMILES string of the molecule is CCCCCCCCCCCCCCCCCCOCCOP(=O)(COCCn1cnc2c(=O)[nH]c(N)nc21)Oc1ccc2ccccc2c1. The molecular formula is C38H58N5O6P. The Kier molecular flexibility index (Phi) is 17.8. The van der Waals surface area contributed by atoms with Crippen molar-refractivity contribution >= 4 is 35.5 Å². The summed E-state index contributed by atoms with van der Waals surface area (Å²) >= 11 is 0. The van der Waals surface area contributed by atoms with Crippen LogP contribution in [0.4, 0.5) is 5.95 Å². The molecule has 0 radical (unpaired) electrons. The molecule has 276 valence electrons. The average molecular weight is 712 g/mol. The minimum absolute atomic E-state index is 0.00360. The van der Waals surface area contributed by atoms with Crippen molar-refractivity contribution in [2.45, 2.75) is 116 Å². The van der Waals surface area contributed by atoms with E-state index in [0.717, 1.165) is 23.6 Å². The number of aromatic nitrogens is 4. The molecule has 2 aromatic carbocycles. The lowest BCUT2D eigenvalue weighted by Crippen LogP contribution is -2.14. The quantitative estimate of drug-likeness (QED) is 0.0435. The Morgan fingerprint density at radius 3 is 2.08 bits per heavy atom. The summed E-state index contributed by atoms with van der Waals surface area (Å²) in [7, 11) is -3.70. The van der Waals surface area contributed by atoms with Crippen molar-refractivity contribution in [3.8, 4) is 5.75 Å². The Bertz CT molecular complexity index is 1640. The number of H-pyrrole nitrogens is 1. The molecular weight excluding hydrogens is 653 g/mol. The predicted molar refractivity (Wildman–Crippen MR) is 202 cm³/mol. The second-order valence-corrected chi connectivity index (χ2v) is 15.0. The summed E-state index contributed by atoms with van der Waals surface area (Å²) in [6.07, 6.45) is 22.5. The summed E-state index contributed by atoms with van der Waals surface area (Å²) in [6.45, 7) is 3.82. The fraction of sp³-hybridized carbons (Fsp3) is 0.605. The van der Waals surface area contributed by atoms with Gasteiger partial charge in [0.2, 0.25) is 5.95 Å². The van der Waals surface area contributed by atoms with Crippen molar-refractivity contribution in [3.63, 3.8) is 0 Å². The molecule has 4 rings (SSSR count). The Hall–Kier alpha value is -3.24. The normalized spacial score (nSPS) is 12.9. The third-order valence-electron chi connectivity index (χ3n) is 8.84. The van der Waals surface area contributed by atoms with E-state index in [1.807, 2.05) is 36.4 Å². The largest absolute Gasteiger partial charge is 0.423 e. The molecule has 1 unspecified atom stereocenters. The van der Waals surface area contributed by atoms with Crippen LogP contribution in [0.3, 0.4) is 0 Å². The monoisotopic (exact) mass is 711 g/mol. The number of fused-ring (bicyclic) bond motifs is 2. The maximum absolute atomic E-state index is 13.9. The van der Waals surface area contributed by atoms with Crippen molar-refractivity contribution < 1.29 is 23.1 Å². The number of aromatic amines is 1. The van der Waals surface area contributed by atoms with Crippen molar-refractivity contribution in [2.24, 2.45) is 0 Å². The smallest absolute Gasteiger partial charge is 0.404 e. The van der Waals surface area contributed by atoms with Gasteiger partial charge in [0.25, 0.3) is 5.56 Å². The van der Waals surface area contributed by atoms with Gasteiger partial charge in [-0.1, -0.05) is 134 Å². The van der Waals surface area contributed by atoms with Crippen LogP contribution in [0.25, 0.3) is 21.9 Å². The third kappa shape index (κ3) is 14.2. The van der Waals surface area contributed by atoms with Gasteiger partial charge in [0.1, 0.15) is 5.75 Å². The second-order valence-electron chi connectivity index (χ2n) is 13.1. The van der Waals surface area contributed by atoms with Gasteiger partial charge < -0.3 is 24.3 Å². The number of anilines is 1. The van der Waals surface area contributed by atoms with Crippen LogP contribution in [-0.4, -0.2) is 52.3 Å². The standard InChI is InChI=1S/C38H58N5O6P/c1-2-3-4-5-6-7-8-9-10-11-12-13-14-15-16-19-25-46-27-28-48-50(45,49-34-23-22-32-20-17-18-21-33(32)29-34)31-47-26-24-43-30-40-35-36(43)41-38(39)42-37(35)44/h17-18,20-23,29-30H,2-16,19,24-28,31H2,1H3,(H3,39,41,42,44). The van der Waals surface area contributed by atoms with Gasteiger partial charge >= 0.3 is 7.60 Å². The van der Waals surface area contributed by atoms with Gasteiger partial charge in [0.05, 0.1) is 26.1 Å². The molecule has 0 spiro atoms. The molecule has 2 heterocycles. The van der Waals surface area contributed by atoms with Gasteiger partial charge in [-0.2, -0.15) is 4.98 Å². The Balaban J connectivity index is 1.10. The van der Waals surface area contributed by atoms with E-state index in [4.69, 9.17) is 24.3 Å². The highest BCUT2D eigenvalue weighted by Gasteiger charge is 2.27. The minimum atomic E-state index is -3.70. The number of nitrogens with zero attached hydrogens (tertiary/aromatic N) is 3. The lowest BCUT2D eigenvalue weighted by molar-refractivity contribution is 0.0853. The summed E-state index contributed by atoms with van der Waals surface area (Å²) in [5.41, 5.74) is 5.82. The van der Waals surface area contributed by atoms with Gasteiger partial charge in [-0.05, 0) is 29.3 Å². The molecule has 0 saturated carbocycles. The van der Waals surface area contributed by atoms with Crippen LogP contribution < -0.4 is 15.8 Å². The summed E-state index contributed by atoms with van der Waals surface area (Å²) in [5.74, 6) is 0.438. The Morgan fingerprint density at radius 2 is 1.40 bits per heavy atom.